The van der Waals surface area contributed by atoms with Crippen LogP contribution in [0.4, 0.5) is 11.4 Å². The third-order valence-electron chi connectivity index (χ3n) is 5.67. The summed E-state index contributed by atoms with van der Waals surface area (Å²) in [6, 6.07) is 21.6. The molecule has 0 saturated carbocycles. The summed E-state index contributed by atoms with van der Waals surface area (Å²) < 4.78 is 5.74. The summed E-state index contributed by atoms with van der Waals surface area (Å²) in [4.78, 5) is 25.1. The second-order valence-electron chi connectivity index (χ2n) is 9.63. The average Bonchev–Trinajstić information content (AvgIpc) is 2.85. The van der Waals surface area contributed by atoms with Crippen molar-refractivity contribution in [2.24, 2.45) is 0 Å². The van der Waals surface area contributed by atoms with Crippen molar-refractivity contribution in [3.63, 3.8) is 0 Å². The van der Waals surface area contributed by atoms with Crippen molar-refractivity contribution < 1.29 is 14.3 Å². The van der Waals surface area contributed by atoms with Gasteiger partial charge in [0.15, 0.2) is 5.11 Å². The van der Waals surface area contributed by atoms with E-state index in [1.54, 1.807) is 48.5 Å². The molecule has 0 bridgehead atoms. The number of ether oxygens (including phenoxy) is 1. The number of hydrogen-bond acceptors (Lipinski definition) is 4. The number of amides is 2. The Labute approximate surface area is 218 Å². The second kappa shape index (κ2) is 11.8. The first-order valence-electron chi connectivity index (χ1n) is 12.0. The van der Waals surface area contributed by atoms with Gasteiger partial charge in [-0.25, -0.2) is 0 Å². The van der Waals surface area contributed by atoms with E-state index in [1.807, 2.05) is 31.2 Å². The molecule has 0 aliphatic rings. The monoisotopic (exact) mass is 503 g/mol. The molecule has 0 spiro atoms. The van der Waals surface area contributed by atoms with Crippen molar-refractivity contribution in [3.8, 4) is 5.75 Å². The van der Waals surface area contributed by atoms with Gasteiger partial charge < -0.3 is 15.4 Å². The van der Waals surface area contributed by atoms with Gasteiger partial charge >= 0.3 is 0 Å². The zero-order valence-corrected chi connectivity index (χ0v) is 22.2. The standard InChI is InChI=1S/C29H33N3O3S/c1-6-19(2)35-25-17-9-21(10-18-25)27(34)32-28(36)31-24-15-13-23(14-16-24)30-26(33)20-7-11-22(12-8-20)29(3,4)5/h7-19H,6H2,1-5H3,(H,30,33)(H2,31,32,34,36)/t19-/m0/s1. The molecule has 0 radical (unpaired) electrons. The van der Waals surface area contributed by atoms with Crippen LogP contribution in [0.25, 0.3) is 0 Å². The highest BCUT2D eigenvalue weighted by Crippen LogP contribution is 2.23. The molecule has 3 aromatic rings. The Balaban J connectivity index is 1.51. The van der Waals surface area contributed by atoms with Gasteiger partial charge in [0, 0.05) is 22.5 Å². The molecule has 36 heavy (non-hydrogen) atoms. The molecule has 2 amide bonds. The summed E-state index contributed by atoms with van der Waals surface area (Å²) in [5.74, 6) is 0.221. The van der Waals surface area contributed by atoms with Crippen molar-refractivity contribution >= 4 is 40.5 Å². The molecule has 0 aliphatic heterocycles. The SMILES string of the molecule is CC[C@H](C)Oc1ccc(C(=O)NC(=S)Nc2ccc(NC(=O)c3ccc(C(C)(C)C)cc3)cc2)cc1. The summed E-state index contributed by atoms with van der Waals surface area (Å²) in [5, 5.41) is 8.72. The van der Waals surface area contributed by atoms with E-state index in [1.165, 1.54) is 5.56 Å². The summed E-state index contributed by atoms with van der Waals surface area (Å²) in [6.07, 6.45) is 1.02. The fraction of sp³-hybridized carbons (Fsp3) is 0.276. The first kappa shape index (κ1) is 26.9. The van der Waals surface area contributed by atoms with Crippen LogP contribution in [0.3, 0.4) is 0 Å². The molecule has 1 atom stereocenters. The minimum absolute atomic E-state index is 0.0323. The molecule has 0 fully saturated rings. The molecule has 3 rings (SSSR count). The molecule has 3 N–H and O–H groups in total. The number of rotatable bonds is 7. The van der Waals surface area contributed by atoms with Gasteiger partial charge in [-0.1, -0.05) is 39.8 Å². The molecule has 7 heteroatoms. The summed E-state index contributed by atoms with van der Waals surface area (Å²) in [7, 11) is 0. The highest BCUT2D eigenvalue weighted by atomic mass is 32.1. The maximum atomic E-state index is 12.6. The van der Waals surface area contributed by atoms with Crippen molar-refractivity contribution in [2.45, 2.75) is 52.6 Å². The van der Waals surface area contributed by atoms with Gasteiger partial charge in [-0.2, -0.15) is 0 Å². The average molecular weight is 504 g/mol. The third-order valence-corrected chi connectivity index (χ3v) is 5.87. The normalized spacial score (nSPS) is 11.8. The molecule has 0 heterocycles. The highest BCUT2D eigenvalue weighted by Gasteiger charge is 2.14. The fourth-order valence-corrected chi connectivity index (χ4v) is 3.51. The number of thiocarbonyl (C=S) groups is 1. The van der Waals surface area contributed by atoms with Gasteiger partial charge in [-0.05, 0) is 97.2 Å². The topological polar surface area (TPSA) is 79.5 Å². The highest BCUT2D eigenvalue weighted by molar-refractivity contribution is 7.80. The first-order chi connectivity index (χ1) is 17.0. The molecule has 0 aromatic heterocycles. The zero-order valence-electron chi connectivity index (χ0n) is 21.3. The summed E-state index contributed by atoms with van der Waals surface area (Å²) >= 11 is 5.28. The minimum atomic E-state index is -0.316. The Morgan fingerprint density at radius 2 is 1.31 bits per heavy atom. The lowest BCUT2D eigenvalue weighted by atomic mass is 9.87. The molecule has 188 valence electrons. The van der Waals surface area contributed by atoms with E-state index < -0.39 is 0 Å². The van der Waals surface area contributed by atoms with Crippen LogP contribution >= 0.6 is 12.2 Å². The summed E-state index contributed by atoms with van der Waals surface area (Å²) in [5.41, 5.74) is 3.61. The van der Waals surface area contributed by atoms with Gasteiger partial charge in [0.05, 0.1) is 6.10 Å². The van der Waals surface area contributed by atoms with E-state index in [2.05, 4.69) is 43.6 Å². The largest absolute Gasteiger partial charge is 0.491 e. The molecule has 0 saturated heterocycles. The van der Waals surface area contributed by atoms with Gasteiger partial charge in [-0.15, -0.1) is 0 Å². The lowest BCUT2D eigenvalue weighted by Gasteiger charge is -2.19. The van der Waals surface area contributed by atoms with E-state index in [0.717, 1.165) is 12.2 Å². The molecule has 0 unspecified atom stereocenters. The smallest absolute Gasteiger partial charge is 0.257 e. The van der Waals surface area contributed by atoms with Gasteiger partial charge in [0.1, 0.15) is 5.75 Å². The lowest BCUT2D eigenvalue weighted by molar-refractivity contribution is 0.0976. The quantitative estimate of drug-likeness (QED) is 0.319. The van der Waals surface area contributed by atoms with Crippen LogP contribution in [0.2, 0.25) is 0 Å². The molecule has 6 nitrogen and oxygen atoms in total. The van der Waals surface area contributed by atoms with Gasteiger partial charge in [0.25, 0.3) is 11.8 Å². The van der Waals surface area contributed by atoms with E-state index in [0.29, 0.717) is 22.5 Å². The van der Waals surface area contributed by atoms with Crippen LogP contribution in [-0.2, 0) is 5.41 Å². The zero-order chi connectivity index (χ0) is 26.3. The number of carbonyl (C=O) groups excluding carboxylic acids is 2. The van der Waals surface area contributed by atoms with Crippen LogP contribution in [0, 0.1) is 0 Å². The molecule has 0 aliphatic carbocycles. The van der Waals surface area contributed by atoms with Crippen molar-refractivity contribution in [1.29, 1.82) is 0 Å². The number of hydrogen-bond donors (Lipinski definition) is 3. The number of benzene rings is 3. The second-order valence-corrected chi connectivity index (χ2v) is 10.0. The Bertz CT molecular complexity index is 1200. The van der Waals surface area contributed by atoms with Crippen molar-refractivity contribution in [2.75, 3.05) is 10.6 Å². The maximum absolute atomic E-state index is 12.6. The van der Waals surface area contributed by atoms with Crippen LogP contribution in [-0.4, -0.2) is 23.0 Å². The van der Waals surface area contributed by atoms with Crippen LogP contribution in [0.1, 0.15) is 67.3 Å². The van der Waals surface area contributed by atoms with Crippen molar-refractivity contribution in [3.05, 3.63) is 89.5 Å². The van der Waals surface area contributed by atoms with Crippen LogP contribution < -0.4 is 20.7 Å². The molecular formula is C29H33N3O3S. The number of nitrogens with one attached hydrogen (secondary N) is 3. The van der Waals surface area contributed by atoms with Crippen LogP contribution in [0.5, 0.6) is 5.75 Å². The first-order valence-corrected chi connectivity index (χ1v) is 12.4. The predicted octanol–water partition coefficient (Wildman–Crippen LogP) is 6.54. The fourth-order valence-electron chi connectivity index (χ4n) is 3.30. The van der Waals surface area contributed by atoms with E-state index in [9.17, 15) is 9.59 Å². The summed E-state index contributed by atoms with van der Waals surface area (Å²) in [6.45, 7) is 10.5. The third kappa shape index (κ3) is 7.65. The Kier molecular flexibility index (Phi) is 8.83. The van der Waals surface area contributed by atoms with Gasteiger partial charge in [0.2, 0.25) is 0 Å². The van der Waals surface area contributed by atoms with Crippen molar-refractivity contribution in [1.82, 2.24) is 5.32 Å². The molecular weight excluding hydrogens is 470 g/mol. The maximum Gasteiger partial charge on any atom is 0.257 e. The van der Waals surface area contributed by atoms with Gasteiger partial charge in [-0.3, -0.25) is 14.9 Å². The predicted molar refractivity (Wildman–Crippen MR) is 150 cm³/mol. The van der Waals surface area contributed by atoms with E-state index >= 15 is 0 Å². The molecule has 3 aromatic carbocycles. The lowest BCUT2D eigenvalue weighted by Crippen LogP contribution is -2.34. The number of carbonyl (C=O) groups is 2. The minimum Gasteiger partial charge on any atom is -0.491 e. The Morgan fingerprint density at radius 1 is 0.806 bits per heavy atom. The Hall–Kier alpha value is -3.71. The van der Waals surface area contributed by atoms with E-state index in [4.69, 9.17) is 17.0 Å². The van der Waals surface area contributed by atoms with E-state index in [-0.39, 0.29) is 28.4 Å². The Morgan fingerprint density at radius 3 is 1.83 bits per heavy atom. The number of anilines is 2. The van der Waals surface area contributed by atoms with Crippen LogP contribution in [0.15, 0.2) is 72.8 Å².